The highest BCUT2D eigenvalue weighted by Crippen LogP contribution is 2.41. The second kappa shape index (κ2) is 17.8. The van der Waals surface area contributed by atoms with E-state index >= 15 is 0 Å². The molecule has 3 aromatic rings. The number of hydrogen-bond acceptors (Lipinski definition) is 10. The molecule has 12 nitrogen and oxygen atoms in total. The largest absolute Gasteiger partial charge is 0.493 e. The van der Waals surface area contributed by atoms with E-state index in [-0.39, 0.29) is 5.91 Å². The number of carboxylic acid groups (broad SMARTS) is 1. The maximum atomic E-state index is 14.2. The third-order valence-electron chi connectivity index (χ3n) is 8.60. The van der Waals surface area contributed by atoms with E-state index in [4.69, 9.17) is 38.3 Å². The maximum absolute atomic E-state index is 14.2. The van der Waals surface area contributed by atoms with Crippen molar-refractivity contribution in [3.8, 4) is 34.5 Å². The number of rotatable bonds is 17. The van der Waals surface area contributed by atoms with Crippen LogP contribution in [0.5, 0.6) is 34.5 Å². The SMILES string of the molecule is C=CC(C(=O)N1CCCC[C@H]1C(=O)O[C@H](CCc1ccc(OC)c(OC)c1)c1cccc(OCC(=O)O)c1)c1cc(OC)c(OC)c(OC)c1. The van der Waals surface area contributed by atoms with Gasteiger partial charge in [0.2, 0.25) is 11.7 Å². The van der Waals surface area contributed by atoms with Crippen molar-refractivity contribution in [2.45, 2.75) is 50.2 Å². The molecular weight excluding hydrogens is 646 g/mol. The second-order valence-corrected chi connectivity index (χ2v) is 11.6. The van der Waals surface area contributed by atoms with Crippen molar-refractivity contribution in [3.63, 3.8) is 0 Å². The quantitative estimate of drug-likeness (QED) is 0.137. The zero-order valence-corrected chi connectivity index (χ0v) is 29.1. The Morgan fingerprint density at radius 3 is 2.18 bits per heavy atom. The first-order valence-electron chi connectivity index (χ1n) is 16.3. The second-order valence-electron chi connectivity index (χ2n) is 11.6. The first-order valence-corrected chi connectivity index (χ1v) is 16.3. The zero-order valence-electron chi connectivity index (χ0n) is 29.1. The molecule has 0 saturated carbocycles. The van der Waals surface area contributed by atoms with Crippen molar-refractivity contribution in [1.29, 1.82) is 0 Å². The lowest BCUT2D eigenvalue weighted by Crippen LogP contribution is -2.50. The zero-order chi connectivity index (χ0) is 36.2. The predicted molar refractivity (Wildman–Crippen MR) is 185 cm³/mol. The molecule has 1 heterocycles. The Bertz CT molecular complexity index is 1630. The lowest BCUT2D eigenvalue weighted by atomic mass is 9.93. The van der Waals surface area contributed by atoms with Crippen LogP contribution >= 0.6 is 0 Å². The minimum atomic E-state index is -1.11. The number of carboxylic acids is 1. The van der Waals surface area contributed by atoms with Crippen molar-refractivity contribution in [2.24, 2.45) is 0 Å². The van der Waals surface area contributed by atoms with E-state index in [2.05, 4.69) is 6.58 Å². The van der Waals surface area contributed by atoms with E-state index in [0.29, 0.717) is 71.4 Å². The van der Waals surface area contributed by atoms with Gasteiger partial charge >= 0.3 is 11.9 Å². The monoisotopic (exact) mass is 691 g/mol. The normalized spacial score (nSPS) is 15.2. The number of carbonyl (C=O) groups excluding carboxylic acids is 2. The number of carbonyl (C=O) groups is 3. The van der Waals surface area contributed by atoms with Crippen LogP contribution < -0.4 is 28.4 Å². The molecule has 4 rings (SSSR count). The van der Waals surface area contributed by atoms with Crippen LogP contribution in [0.3, 0.4) is 0 Å². The van der Waals surface area contributed by atoms with Crippen LogP contribution in [0.1, 0.15) is 54.4 Å². The Hall–Kier alpha value is -5.39. The smallest absolute Gasteiger partial charge is 0.341 e. The Kier molecular flexibility index (Phi) is 13.4. The van der Waals surface area contributed by atoms with Gasteiger partial charge in [0.05, 0.1) is 41.5 Å². The van der Waals surface area contributed by atoms with Crippen LogP contribution in [0, 0.1) is 0 Å². The summed E-state index contributed by atoms with van der Waals surface area (Å²) in [6, 6.07) is 15.0. The summed E-state index contributed by atoms with van der Waals surface area (Å²) in [7, 11) is 7.62. The summed E-state index contributed by atoms with van der Waals surface area (Å²) >= 11 is 0. The number of nitrogens with zero attached hydrogens (tertiary/aromatic N) is 1. The van der Waals surface area contributed by atoms with Gasteiger partial charge in [-0.25, -0.2) is 9.59 Å². The van der Waals surface area contributed by atoms with Crippen LogP contribution in [0.2, 0.25) is 0 Å². The van der Waals surface area contributed by atoms with Gasteiger partial charge in [0.1, 0.15) is 17.9 Å². The predicted octanol–water partition coefficient (Wildman–Crippen LogP) is 5.76. The molecule has 12 heteroatoms. The third-order valence-corrected chi connectivity index (χ3v) is 8.60. The van der Waals surface area contributed by atoms with Gasteiger partial charge in [0.25, 0.3) is 0 Å². The molecule has 50 heavy (non-hydrogen) atoms. The molecule has 1 aliphatic heterocycles. The average molecular weight is 692 g/mol. The summed E-state index contributed by atoms with van der Waals surface area (Å²) in [5, 5.41) is 9.11. The highest BCUT2D eigenvalue weighted by Gasteiger charge is 2.38. The van der Waals surface area contributed by atoms with Crippen molar-refractivity contribution < 1.29 is 52.6 Å². The van der Waals surface area contributed by atoms with E-state index in [0.717, 1.165) is 18.4 Å². The molecule has 0 aliphatic carbocycles. The molecule has 1 fully saturated rings. The van der Waals surface area contributed by atoms with Crippen molar-refractivity contribution in [2.75, 3.05) is 48.7 Å². The van der Waals surface area contributed by atoms with E-state index in [9.17, 15) is 14.4 Å². The molecule has 0 bridgehead atoms. The summed E-state index contributed by atoms with van der Waals surface area (Å²) in [5.74, 6) is -0.0977. The van der Waals surface area contributed by atoms with E-state index in [1.54, 1.807) is 55.5 Å². The summed E-state index contributed by atoms with van der Waals surface area (Å²) in [6.45, 7) is 3.78. The maximum Gasteiger partial charge on any atom is 0.341 e. The number of aryl methyl sites for hydroxylation is 1. The molecule has 0 radical (unpaired) electrons. The summed E-state index contributed by atoms with van der Waals surface area (Å²) in [6.07, 6.45) is 3.56. The summed E-state index contributed by atoms with van der Waals surface area (Å²) < 4.78 is 39.0. The molecule has 3 atom stereocenters. The molecule has 1 N–H and O–H groups in total. The van der Waals surface area contributed by atoms with Crippen LogP contribution in [0.4, 0.5) is 0 Å². The lowest BCUT2D eigenvalue weighted by molar-refractivity contribution is -0.162. The number of ether oxygens (including phenoxy) is 7. The Balaban J connectivity index is 1.62. The first-order chi connectivity index (χ1) is 24.2. The van der Waals surface area contributed by atoms with Gasteiger partial charge in [0.15, 0.2) is 29.6 Å². The number of hydrogen-bond donors (Lipinski definition) is 1. The van der Waals surface area contributed by atoms with Crippen molar-refractivity contribution >= 4 is 17.8 Å². The summed E-state index contributed by atoms with van der Waals surface area (Å²) in [4.78, 5) is 41.0. The van der Waals surface area contributed by atoms with E-state index in [1.165, 1.54) is 27.4 Å². The number of likely N-dealkylation sites (tertiary alicyclic amines) is 1. The van der Waals surface area contributed by atoms with Crippen LogP contribution in [0.15, 0.2) is 67.3 Å². The highest BCUT2D eigenvalue weighted by atomic mass is 16.5. The molecule has 268 valence electrons. The average Bonchev–Trinajstić information content (AvgIpc) is 3.15. The molecule has 3 aromatic carbocycles. The van der Waals surface area contributed by atoms with Crippen molar-refractivity contribution in [1.82, 2.24) is 4.90 Å². The third kappa shape index (κ3) is 8.99. The lowest BCUT2D eigenvalue weighted by Gasteiger charge is -2.36. The minimum absolute atomic E-state index is 0.304. The van der Waals surface area contributed by atoms with Crippen molar-refractivity contribution in [3.05, 3.63) is 83.9 Å². The molecular formula is C38H45NO11. The number of methoxy groups -OCH3 is 5. The van der Waals surface area contributed by atoms with Crippen LogP contribution in [-0.4, -0.2) is 82.6 Å². The van der Waals surface area contributed by atoms with Gasteiger partial charge in [-0.1, -0.05) is 24.3 Å². The number of piperidine rings is 1. The van der Waals surface area contributed by atoms with Gasteiger partial charge < -0.3 is 43.2 Å². The van der Waals surface area contributed by atoms with Gasteiger partial charge in [0, 0.05) is 6.54 Å². The molecule has 1 saturated heterocycles. The van der Waals surface area contributed by atoms with Gasteiger partial charge in [-0.3, -0.25) is 4.79 Å². The molecule has 1 aliphatic rings. The topological polar surface area (TPSA) is 139 Å². The fourth-order valence-electron chi connectivity index (χ4n) is 6.08. The molecule has 0 spiro atoms. The molecule has 1 amide bonds. The van der Waals surface area contributed by atoms with E-state index in [1.807, 2.05) is 18.2 Å². The molecule has 1 unspecified atom stereocenters. The Labute approximate surface area is 292 Å². The summed E-state index contributed by atoms with van der Waals surface area (Å²) in [5.41, 5.74) is 2.12. The van der Waals surface area contributed by atoms with Gasteiger partial charge in [-0.2, -0.15) is 0 Å². The van der Waals surface area contributed by atoms with Gasteiger partial charge in [-0.05, 0) is 85.2 Å². The van der Waals surface area contributed by atoms with E-state index < -0.39 is 36.6 Å². The fraction of sp³-hybridized carbons (Fsp3) is 0.395. The number of aliphatic carboxylic acids is 1. The Morgan fingerprint density at radius 2 is 1.56 bits per heavy atom. The van der Waals surface area contributed by atoms with Gasteiger partial charge in [-0.15, -0.1) is 6.58 Å². The number of amides is 1. The first kappa shape index (κ1) is 37.4. The molecule has 0 aromatic heterocycles. The highest BCUT2D eigenvalue weighted by molar-refractivity contribution is 5.90. The standard InChI is InChI=1S/C38H45NO11/c1-7-28(26-21-33(46-4)36(48-6)34(22-26)47-5)37(42)39-18-9-8-13-29(39)38(43)50-30(25-11-10-12-27(20-25)49-23-35(40)41)16-14-24-15-17-31(44-2)32(19-24)45-3/h7,10-12,15,17,19-22,28-30H,1,8-9,13-14,16,18,23H2,2-6H3,(H,40,41)/t28?,29-,30+/m0/s1. The van der Waals surface area contributed by atoms with Crippen LogP contribution in [-0.2, 0) is 25.5 Å². The Morgan fingerprint density at radius 1 is 0.860 bits per heavy atom. The fourth-order valence-corrected chi connectivity index (χ4v) is 6.08. The number of benzene rings is 3. The number of esters is 1. The minimum Gasteiger partial charge on any atom is -0.493 e. The van der Waals surface area contributed by atoms with Crippen LogP contribution in [0.25, 0.3) is 0 Å².